The van der Waals surface area contributed by atoms with E-state index in [1.54, 1.807) is 0 Å². The Kier molecular flexibility index (Phi) is 4.71. The average Bonchev–Trinajstić information content (AvgIpc) is 3.14. The number of carbonyl (C=O) groups excluding carboxylic acids is 1. The first-order valence-corrected chi connectivity index (χ1v) is 9.45. The molecule has 1 unspecified atom stereocenters. The molecular weight excluding hydrogens is 334 g/mol. The number of urea groups is 1. The minimum atomic E-state index is -0.0321. The van der Waals surface area contributed by atoms with E-state index >= 15 is 0 Å². The molecule has 3 aromatic rings. The van der Waals surface area contributed by atoms with Crippen molar-refractivity contribution in [3.05, 3.63) is 89.2 Å². The summed E-state index contributed by atoms with van der Waals surface area (Å²) in [6.45, 7) is 5.63. The lowest BCUT2D eigenvalue weighted by molar-refractivity contribution is 0.167. The van der Waals surface area contributed by atoms with Crippen LogP contribution in [0.3, 0.4) is 0 Å². The Morgan fingerprint density at radius 2 is 1.85 bits per heavy atom. The molecule has 0 bridgehead atoms. The molecule has 0 saturated heterocycles. The third-order valence-corrected chi connectivity index (χ3v) is 5.32. The summed E-state index contributed by atoms with van der Waals surface area (Å²) in [6, 6.07) is 20.7. The molecule has 0 radical (unpaired) electrons. The molecule has 4 heteroatoms. The third kappa shape index (κ3) is 3.61. The van der Waals surface area contributed by atoms with Crippen LogP contribution in [0, 0.1) is 13.8 Å². The first-order valence-electron chi connectivity index (χ1n) is 9.45. The number of rotatable bonds is 3. The van der Waals surface area contributed by atoms with Gasteiger partial charge in [-0.1, -0.05) is 48.0 Å². The molecule has 2 aromatic carbocycles. The standard InChI is InChI=1S/C23H25N3O/c1-17-10-11-20(18(2)15-17)24-23(27)26-14-13-25-12-6-9-21(25)22(26)16-19-7-4-3-5-8-19/h3-12,15,22H,13-14,16H2,1-2H3,(H,24,27). The van der Waals surface area contributed by atoms with Gasteiger partial charge in [-0.3, -0.25) is 0 Å². The highest BCUT2D eigenvalue weighted by Crippen LogP contribution is 2.30. The van der Waals surface area contributed by atoms with E-state index in [9.17, 15) is 4.79 Å². The molecule has 1 N–H and O–H groups in total. The summed E-state index contributed by atoms with van der Waals surface area (Å²) in [4.78, 5) is 15.1. The second-order valence-electron chi connectivity index (χ2n) is 7.27. The molecule has 4 nitrogen and oxygen atoms in total. The normalized spacial score (nSPS) is 16.1. The van der Waals surface area contributed by atoms with Crippen LogP contribution in [0.2, 0.25) is 0 Å². The van der Waals surface area contributed by atoms with Gasteiger partial charge in [0.15, 0.2) is 0 Å². The monoisotopic (exact) mass is 359 g/mol. The number of amides is 2. The lowest BCUT2D eigenvalue weighted by Gasteiger charge is -2.37. The van der Waals surface area contributed by atoms with E-state index in [1.807, 2.05) is 30.0 Å². The van der Waals surface area contributed by atoms with Gasteiger partial charge in [0.05, 0.1) is 6.04 Å². The highest BCUT2D eigenvalue weighted by Gasteiger charge is 2.31. The number of nitrogens with zero attached hydrogens (tertiary/aromatic N) is 2. The van der Waals surface area contributed by atoms with Crippen molar-refractivity contribution >= 4 is 11.7 Å². The van der Waals surface area contributed by atoms with Crippen LogP contribution in [0.25, 0.3) is 0 Å². The van der Waals surface area contributed by atoms with Crippen molar-refractivity contribution in [1.29, 1.82) is 0 Å². The van der Waals surface area contributed by atoms with Crippen LogP contribution in [0.1, 0.15) is 28.4 Å². The fourth-order valence-electron chi connectivity index (χ4n) is 3.90. The van der Waals surface area contributed by atoms with Crippen molar-refractivity contribution in [2.24, 2.45) is 0 Å². The molecule has 0 fully saturated rings. The number of anilines is 1. The third-order valence-electron chi connectivity index (χ3n) is 5.32. The maximum atomic E-state index is 13.1. The van der Waals surface area contributed by atoms with Crippen molar-refractivity contribution in [2.75, 3.05) is 11.9 Å². The Hall–Kier alpha value is -3.01. The first kappa shape index (κ1) is 17.4. The van der Waals surface area contributed by atoms with Gasteiger partial charge in [0.1, 0.15) is 0 Å². The number of aryl methyl sites for hydroxylation is 2. The maximum absolute atomic E-state index is 13.1. The minimum Gasteiger partial charge on any atom is -0.348 e. The van der Waals surface area contributed by atoms with Crippen LogP contribution in [0.15, 0.2) is 66.9 Å². The smallest absolute Gasteiger partial charge is 0.322 e. The predicted molar refractivity (Wildman–Crippen MR) is 109 cm³/mol. The zero-order chi connectivity index (χ0) is 18.8. The quantitative estimate of drug-likeness (QED) is 0.707. The van der Waals surface area contributed by atoms with Crippen LogP contribution in [0.5, 0.6) is 0 Å². The SMILES string of the molecule is Cc1ccc(NC(=O)N2CCn3cccc3C2Cc2ccccc2)c(C)c1. The summed E-state index contributed by atoms with van der Waals surface area (Å²) in [5.41, 5.74) is 5.60. The zero-order valence-electron chi connectivity index (χ0n) is 15.9. The fourth-order valence-corrected chi connectivity index (χ4v) is 3.90. The van der Waals surface area contributed by atoms with Gasteiger partial charge < -0.3 is 14.8 Å². The van der Waals surface area contributed by atoms with Gasteiger partial charge >= 0.3 is 6.03 Å². The van der Waals surface area contributed by atoms with Crippen molar-refractivity contribution in [1.82, 2.24) is 9.47 Å². The Morgan fingerprint density at radius 3 is 2.63 bits per heavy atom. The van der Waals surface area contributed by atoms with Crippen molar-refractivity contribution < 1.29 is 4.79 Å². The van der Waals surface area contributed by atoms with Gasteiger partial charge in [-0.15, -0.1) is 0 Å². The Bertz CT molecular complexity index is 945. The second-order valence-corrected chi connectivity index (χ2v) is 7.27. The second kappa shape index (κ2) is 7.31. The zero-order valence-corrected chi connectivity index (χ0v) is 15.9. The lowest BCUT2D eigenvalue weighted by Crippen LogP contribution is -2.44. The van der Waals surface area contributed by atoms with Crippen LogP contribution in [-0.4, -0.2) is 22.0 Å². The molecule has 2 heterocycles. The van der Waals surface area contributed by atoms with Gasteiger partial charge in [0.25, 0.3) is 0 Å². The van der Waals surface area contributed by atoms with Crippen LogP contribution in [0.4, 0.5) is 10.5 Å². The molecule has 0 spiro atoms. The molecule has 0 saturated carbocycles. The Balaban J connectivity index is 1.60. The Morgan fingerprint density at radius 1 is 1.04 bits per heavy atom. The number of carbonyl (C=O) groups is 1. The molecule has 1 aliphatic rings. The van der Waals surface area contributed by atoms with Crippen LogP contribution in [-0.2, 0) is 13.0 Å². The minimum absolute atomic E-state index is 0.0295. The number of fused-ring (bicyclic) bond motifs is 1. The molecule has 4 rings (SSSR count). The molecule has 0 aliphatic carbocycles. The maximum Gasteiger partial charge on any atom is 0.322 e. The van der Waals surface area contributed by atoms with Crippen molar-refractivity contribution in [3.8, 4) is 0 Å². The average molecular weight is 359 g/mol. The number of hydrogen-bond acceptors (Lipinski definition) is 1. The summed E-state index contributed by atoms with van der Waals surface area (Å²) >= 11 is 0. The molecular formula is C23H25N3O. The molecule has 2 amide bonds. The van der Waals surface area contributed by atoms with E-state index in [0.717, 1.165) is 24.2 Å². The largest absolute Gasteiger partial charge is 0.348 e. The van der Waals surface area contributed by atoms with Crippen LogP contribution < -0.4 is 5.32 Å². The van der Waals surface area contributed by atoms with E-state index in [0.29, 0.717) is 6.54 Å². The van der Waals surface area contributed by atoms with Gasteiger partial charge in [-0.05, 0) is 49.6 Å². The van der Waals surface area contributed by atoms with E-state index in [-0.39, 0.29) is 12.1 Å². The molecule has 1 aromatic heterocycles. The summed E-state index contributed by atoms with van der Waals surface area (Å²) in [5.74, 6) is 0. The summed E-state index contributed by atoms with van der Waals surface area (Å²) in [7, 11) is 0. The molecule has 138 valence electrons. The molecule has 27 heavy (non-hydrogen) atoms. The first-order chi connectivity index (χ1) is 13.1. The summed E-state index contributed by atoms with van der Waals surface area (Å²) in [5, 5.41) is 3.12. The van der Waals surface area contributed by atoms with E-state index in [1.165, 1.54) is 16.8 Å². The molecule has 1 atom stereocenters. The van der Waals surface area contributed by atoms with Gasteiger partial charge in [0.2, 0.25) is 0 Å². The predicted octanol–water partition coefficient (Wildman–Crippen LogP) is 4.94. The highest BCUT2D eigenvalue weighted by molar-refractivity contribution is 5.90. The summed E-state index contributed by atoms with van der Waals surface area (Å²) in [6.07, 6.45) is 2.91. The van der Waals surface area contributed by atoms with Gasteiger partial charge in [0, 0.05) is 30.7 Å². The molecule has 1 aliphatic heterocycles. The van der Waals surface area contributed by atoms with Crippen molar-refractivity contribution in [3.63, 3.8) is 0 Å². The number of aromatic nitrogens is 1. The topological polar surface area (TPSA) is 37.3 Å². The van der Waals surface area contributed by atoms with E-state index in [2.05, 4.69) is 65.5 Å². The van der Waals surface area contributed by atoms with E-state index in [4.69, 9.17) is 0 Å². The van der Waals surface area contributed by atoms with Crippen molar-refractivity contribution in [2.45, 2.75) is 32.9 Å². The highest BCUT2D eigenvalue weighted by atomic mass is 16.2. The van der Waals surface area contributed by atoms with Gasteiger partial charge in [-0.25, -0.2) is 4.79 Å². The van der Waals surface area contributed by atoms with E-state index < -0.39 is 0 Å². The van der Waals surface area contributed by atoms with Crippen LogP contribution >= 0.6 is 0 Å². The van der Waals surface area contributed by atoms with Gasteiger partial charge in [-0.2, -0.15) is 0 Å². The number of benzene rings is 2. The number of nitrogens with one attached hydrogen (secondary N) is 1. The Labute approximate surface area is 160 Å². The number of hydrogen-bond donors (Lipinski definition) is 1. The lowest BCUT2D eigenvalue weighted by atomic mass is 10.0. The summed E-state index contributed by atoms with van der Waals surface area (Å²) < 4.78 is 2.26. The fraction of sp³-hybridized carbons (Fsp3) is 0.261.